The Morgan fingerprint density at radius 1 is 0.655 bits per heavy atom. The Bertz CT molecular complexity index is 1590. The summed E-state index contributed by atoms with van der Waals surface area (Å²) in [4.78, 5) is 4.11. The van der Waals surface area contributed by atoms with Gasteiger partial charge in [0.05, 0.1) is 18.2 Å². The molecule has 302 valence electrons. The molecular formula is C50H72ClNO3. The predicted molar refractivity (Wildman–Crippen MR) is 237 cm³/mol. The summed E-state index contributed by atoms with van der Waals surface area (Å²) in [6.45, 7) is 28.5. The van der Waals surface area contributed by atoms with Gasteiger partial charge in [-0.3, -0.25) is 4.98 Å². The van der Waals surface area contributed by atoms with E-state index in [1.165, 1.54) is 35.1 Å². The second-order valence-corrected chi connectivity index (χ2v) is 16.5. The fourth-order valence-electron chi connectivity index (χ4n) is 5.91. The molecule has 0 saturated carbocycles. The lowest BCUT2D eigenvalue weighted by molar-refractivity contribution is 0.0523. The first kappa shape index (κ1) is 47.7. The van der Waals surface area contributed by atoms with Gasteiger partial charge in [-0.05, 0) is 102 Å². The summed E-state index contributed by atoms with van der Waals surface area (Å²) in [5.41, 5.74) is 7.90. The van der Waals surface area contributed by atoms with Crippen LogP contribution in [0.4, 0.5) is 0 Å². The average molecular weight is 771 g/mol. The Balaban J connectivity index is 0.000000247. The zero-order chi connectivity index (χ0) is 40.6. The first-order chi connectivity index (χ1) is 26.3. The minimum Gasteiger partial charge on any atom is -0.487 e. The van der Waals surface area contributed by atoms with Crippen LogP contribution in [0.15, 0.2) is 109 Å². The Labute approximate surface area is 341 Å². The van der Waals surface area contributed by atoms with Crippen LogP contribution < -0.4 is 4.74 Å². The summed E-state index contributed by atoms with van der Waals surface area (Å²) in [7, 11) is 0. The van der Waals surface area contributed by atoms with E-state index < -0.39 is 0 Å². The lowest BCUT2D eigenvalue weighted by Gasteiger charge is -2.24. The summed E-state index contributed by atoms with van der Waals surface area (Å²) in [5, 5.41) is 0.678. The summed E-state index contributed by atoms with van der Waals surface area (Å²) >= 11 is 6.21. The highest BCUT2D eigenvalue weighted by molar-refractivity contribution is 6.32. The van der Waals surface area contributed by atoms with E-state index in [4.69, 9.17) is 25.8 Å². The van der Waals surface area contributed by atoms with Gasteiger partial charge in [0.15, 0.2) is 0 Å². The van der Waals surface area contributed by atoms with Crippen molar-refractivity contribution in [2.24, 2.45) is 17.8 Å². The van der Waals surface area contributed by atoms with Gasteiger partial charge in [0.1, 0.15) is 12.4 Å². The molecule has 1 fully saturated rings. The van der Waals surface area contributed by atoms with Gasteiger partial charge in [-0.15, -0.1) is 0 Å². The fraction of sp³-hybridized carbons (Fsp3) is 0.500. The summed E-state index contributed by atoms with van der Waals surface area (Å²) in [6.07, 6.45) is 9.70. The van der Waals surface area contributed by atoms with Crippen LogP contribution in [0.5, 0.6) is 5.75 Å². The number of aromatic nitrogens is 1. The van der Waals surface area contributed by atoms with Crippen LogP contribution in [0.1, 0.15) is 134 Å². The van der Waals surface area contributed by atoms with Crippen molar-refractivity contribution in [3.8, 4) is 5.75 Å². The van der Waals surface area contributed by atoms with E-state index >= 15 is 0 Å². The number of nitrogens with zero attached hydrogens (tertiary/aromatic N) is 1. The molecule has 3 heterocycles. The molecule has 0 unspecified atom stereocenters. The van der Waals surface area contributed by atoms with E-state index in [2.05, 4.69) is 124 Å². The van der Waals surface area contributed by atoms with Gasteiger partial charge >= 0.3 is 0 Å². The maximum Gasteiger partial charge on any atom is 0.138 e. The van der Waals surface area contributed by atoms with Crippen LogP contribution in [-0.2, 0) is 16.1 Å². The average Bonchev–Trinajstić information content (AvgIpc) is 3.20. The number of pyridine rings is 1. The third-order valence-electron chi connectivity index (χ3n) is 9.84. The topological polar surface area (TPSA) is 40.6 Å². The molecular weight excluding hydrogens is 698 g/mol. The Kier molecular flexibility index (Phi) is 23.6. The largest absolute Gasteiger partial charge is 0.487 e. The normalized spacial score (nSPS) is 14.1. The molecule has 0 radical (unpaired) electrons. The van der Waals surface area contributed by atoms with Crippen molar-refractivity contribution in [2.45, 2.75) is 120 Å². The molecule has 0 amide bonds. The van der Waals surface area contributed by atoms with Crippen LogP contribution in [0.3, 0.4) is 0 Å². The van der Waals surface area contributed by atoms with Gasteiger partial charge in [0, 0.05) is 25.6 Å². The van der Waals surface area contributed by atoms with Crippen LogP contribution in [0.2, 0.25) is 5.02 Å². The molecule has 0 atom stereocenters. The highest BCUT2D eigenvalue weighted by atomic mass is 35.5. The molecule has 0 N–H and O–H groups in total. The highest BCUT2D eigenvalue weighted by Gasteiger charge is 2.16. The molecule has 5 heteroatoms. The zero-order valence-corrected chi connectivity index (χ0v) is 36.7. The van der Waals surface area contributed by atoms with Crippen LogP contribution in [0.25, 0.3) is 0 Å². The molecule has 55 heavy (non-hydrogen) atoms. The number of halogens is 1. The molecule has 0 bridgehead atoms. The van der Waals surface area contributed by atoms with E-state index in [1.54, 1.807) is 5.57 Å². The van der Waals surface area contributed by atoms with Crippen LogP contribution >= 0.6 is 11.6 Å². The number of hydrogen-bond acceptors (Lipinski definition) is 4. The number of hydrogen-bond donors (Lipinski definition) is 0. The third kappa shape index (κ3) is 20.3. The van der Waals surface area contributed by atoms with Gasteiger partial charge in [-0.2, -0.15) is 0 Å². The molecule has 1 aromatic heterocycles. The van der Waals surface area contributed by atoms with Gasteiger partial charge in [-0.1, -0.05) is 165 Å². The van der Waals surface area contributed by atoms with Crippen molar-refractivity contribution in [3.63, 3.8) is 0 Å². The van der Waals surface area contributed by atoms with Crippen molar-refractivity contribution in [1.29, 1.82) is 0 Å². The first-order valence-electron chi connectivity index (χ1n) is 20.5. The van der Waals surface area contributed by atoms with Gasteiger partial charge < -0.3 is 14.2 Å². The molecule has 4 nitrogen and oxygen atoms in total. The summed E-state index contributed by atoms with van der Waals surface area (Å²) in [6, 6.07) is 28.8. The second-order valence-electron chi connectivity index (χ2n) is 16.1. The van der Waals surface area contributed by atoms with E-state index in [9.17, 15) is 0 Å². The SMILES string of the molecule is CC(C)C1=CCOCC1.CC(C)C1CCOCC1.CC(C)c1ccc(OCc2ccccc2)c(Cl)c1.CC(C)c1ccccc1.Cc1cncc(C(C)C)c1. The fourth-order valence-corrected chi connectivity index (χ4v) is 6.15. The lowest BCUT2D eigenvalue weighted by Crippen LogP contribution is -2.19. The second kappa shape index (κ2) is 27.2. The maximum absolute atomic E-state index is 6.21. The number of ether oxygens (including phenoxy) is 3. The third-order valence-corrected chi connectivity index (χ3v) is 10.1. The van der Waals surface area contributed by atoms with E-state index in [0.717, 1.165) is 56.0 Å². The van der Waals surface area contributed by atoms with Crippen molar-refractivity contribution in [1.82, 2.24) is 4.98 Å². The van der Waals surface area contributed by atoms with E-state index in [0.29, 0.717) is 35.3 Å². The molecule has 3 aromatic carbocycles. The number of rotatable bonds is 8. The van der Waals surface area contributed by atoms with E-state index in [-0.39, 0.29) is 0 Å². The minimum atomic E-state index is 0.477. The molecule has 2 aliphatic rings. The Hall–Kier alpha value is -3.44. The first-order valence-corrected chi connectivity index (χ1v) is 20.9. The molecule has 2 aliphatic heterocycles. The monoisotopic (exact) mass is 770 g/mol. The zero-order valence-electron chi connectivity index (χ0n) is 36.0. The maximum atomic E-state index is 6.21. The van der Waals surface area contributed by atoms with Crippen molar-refractivity contribution in [3.05, 3.63) is 142 Å². The van der Waals surface area contributed by atoms with Gasteiger partial charge in [-0.25, -0.2) is 0 Å². The van der Waals surface area contributed by atoms with E-state index in [1.807, 2.05) is 60.9 Å². The van der Waals surface area contributed by atoms with Crippen molar-refractivity contribution < 1.29 is 14.2 Å². The van der Waals surface area contributed by atoms with Gasteiger partial charge in [0.25, 0.3) is 0 Å². The predicted octanol–water partition coefficient (Wildman–Crippen LogP) is 14.4. The highest BCUT2D eigenvalue weighted by Crippen LogP contribution is 2.29. The molecule has 0 spiro atoms. The molecule has 0 aliphatic carbocycles. The van der Waals surface area contributed by atoms with Crippen molar-refractivity contribution in [2.75, 3.05) is 26.4 Å². The van der Waals surface area contributed by atoms with Gasteiger partial charge in [0.2, 0.25) is 0 Å². The van der Waals surface area contributed by atoms with Crippen LogP contribution in [-0.4, -0.2) is 31.4 Å². The smallest absolute Gasteiger partial charge is 0.138 e. The summed E-state index contributed by atoms with van der Waals surface area (Å²) in [5.74, 6) is 4.97. The molecule has 1 saturated heterocycles. The standard InChI is InChI=1S/C16H17ClO.C9H13N.C9H12.C8H16O.C8H14O/c1-12(2)14-8-9-16(15(17)10-14)18-11-13-6-4-3-5-7-13;1-7(2)9-4-8(3)5-10-6-9;1-8(2)9-6-4-3-5-7-9;2*1-7(2)8-3-5-9-6-4-8/h3-10,12H,11H2,1-2H3;4-7H,1-3H3;3-8H,1-2H3;7-8H,3-6H2,1-2H3;3,7H,4-6H2,1-2H3. The lowest BCUT2D eigenvalue weighted by atomic mass is 9.89. The van der Waals surface area contributed by atoms with Crippen LogP contribution in [0, 0.1) is 24.7 Å². The Morgan fingerprint density at radius 2 is 1.25 bits per heavy atom. The quantitative estimate of drug-likeness (QED) is 0.167. The number of aryl methyl sites for hydroxylation is 1. The minimum absolute atomic E-state index is 0.477. The summed E-state index contributed by atoms with van der Waals surface area (Å²) < 4.78 is 16.1. The molecule has 6 rings (SSSR count). The molecule has 4 aromatic rings. The van der Waals surface area contributed by atoms with Crippen molar-refractivity contribution >= 4 is 11.6 Å². The Morgan fingerprint density at radius 3 is 1.67 bits per heavy atom. The number of benzene rings is 3.